The van der Waals surface area contributed by atoms with Crippen molar-refractivity contribution < 1.29 is 4.79 Å². The number of halogens is 2. The fraction of sp³-hybridized carbons (Fsp3) is 0.0556. The van der Waals surface area contributed by atoms with Crippen molar-refractivity contribution in [2.75, 3.05) is 10.6 Å². The lowest BCUT2D eigenvalue weighted by Crippen LogP contribution is -2.15. The van der Waals surface area contributed by atoms with Crippen LogP contribution in [0.3, 0.4) is 0 Å². The van der Waals surface area contributed by atoms with Gasteiger partial charge in [-0.15, -0.1) is 0 Å². The molecule has 0 fully saturated rings. The van der Waals surface area contributed by atoms with Gasteiger partial charge in [0.2, 0.25) is 0 Å². The lowest BCUT2D eigenvalue weighted by molar-refractivity contribution is 0.102. The quantitative estimate of drug-likeness (QED) is 0.669. The van der Waals surface area contributed by atoms with Gasteiger partial charge >= 0.3 is 0 Å². The summed E-state index contributed by atoms with van der Waals surface area (Å²) in [6, 6.07) is 16.0. The molecule has 5 nitrogen and oxygen atoms in total. The number of carbonyl (C=O) groups is 1. The summed E-state index contributed by atoms with van der Waals surface area (Å²) in [6.45, 7) is 1.73. The second-order valence-electron chi connectivity index (χ2n) is 5.29. The van der Waals surface area contributed by atoms with Gasteiger partial charge < -0.3 is 10.6 Å². The molecule has 126 valence electrons. The standard InChI is InChI=1S/C18H14Cl2N4O/c1-11-21-16(10-17(22-11)23-14-5-3-2-4-6-14)18(25)24-15-8-12(19)7-13(20)9-15/h2-10H,1H3,(H,24,25)(H,21,22,23). The van der Waals surface area contributed by atoms with Crippen LogP contribution in [0.5, 0.6) is 0 Å². The van der Waals surface area contributed by atoms with E-state index in [9.17, 15) is 4.79 Å². The summed E-state index contributed by atoms with van der Waals surface area (Å²) in [5.74, 6) is 0.642. The third-order valence-electron chi connectivity index (χ3n) is 3.24. The molecule has 0 radical (unpaired) electrons. The Hall–Kier alpha value is -2.63. The van der Waals surface area contributed by atoms with Crippen molar-refractivity contribution in [2.45, 2.75) is 6.92 Å². The van der Waals surface area contributed by atoms with E-state index in [1.807, 2.05) is 30.3 Å². The number of aromatic nitrogens is 2. The second-order valence-corrected chi connectivity index (χ2v) is 6.16. The normalized spacial score (nSPS) is 10.4. The minimum Gasteiger partial charge on any atom is -0.340 e. The molecule has 1 amide bonds. The summed E-state index contributed by atoms with van der Waals surface area (Å²) in [4.78, 5) is 21.0. The van der Waals surface area contributed by atoms with E-state index in [0.29, 0.717) is 27.4 Å². The number of anilines is 3. The number of nitrogens with zero attached hydrogens (tertiary/aromatic N) is 2. The number of carbonyl (C=O) groups excluding carboxylic acids is 1. The monoisotopic (exact) mass is 372 g/mol. The molecule has 2 N–H and O–H groups in total. The van der Waals surface area contributed by atoms with Crippen molar-refractivity contribution in [1.29, 1.82) is 0 Å². The van der Waals surface area contributed by atoms with Crippen LogP contribution in [0.4, 0.5) is 17.2 Å². The Morgan fingerprint density at radius 1 is 0.920 bits per heavy atom. The minimum atomic E-state index is -0.375. The van der Waals surface area contributed by atoms with Crippen LogP contribution in [0.15, 0.2) is 54.6 Å². The zero-order valence-electron chi connectivity index (χ0n) is 13.3. The SMILES string of the molecule is Cc1nc(Nc2ccccc2)cc(C(=O)Nc2cc(Cl)cc(Cl)c2)n1. The van der Waals surface area contributed by atoms with E-state index in [0.717, 1.165) is 5.69 Å². The molecule has 2 aromatic carbocycles. The first-order chi connectivity index (χ1) is 12.0. The molecule has 1 heterocycles. The Bertz CT molecular complexity index is 896. The predicted octanol–water partition coefficient (Wildman–Crippen LogP) is 5.09. The van der Waals surface area contributed by atoms with Gasteiger partial charge in [0.25, 0.3) is 5.91 Å². The zero-order chi connectivity index (χ0) is 17.8. The van der Waals surface area contributed by atoms with Gasteiger partial charge in [0.15, 0.2) is 0 Å². The number of amides is 1. The minimum absolute atomic E-state index is 0.238. The number of aryl methyl sites for hydroxylation is 1. The van der Waals surface area contributed by atoms with Gasteiger partial charge in [-0.2, -0.15) is 0 Å². The first-order valence-corrected chi connectivity index (χ1v) is 8.20. The molecule has 0 aliphatic rings. The van der Waals surface area contributed by atoms with E-state index in [2.05, 4.69) is 20.6 Å². The van der Waals surface area contributed by atoms with Crippen LogP contribution in [-0.4, -0.2) is 15.9 Å². The highest BCUT2D eigenvalue weighted by molar-refractivity contribution is 6.35. The number of benzene rings is 2. The van der Waals surface area contributed by atoms with Gasteiger partial charge in [-0.1, -0.05) is 41.4 Å². The molecule has 0 atom stereocenters. The molecule has 3 rings (SSSR count). The third kappa shape index (κ3) is 4.68. The molecular weight excluding hydrogens is 359 g/mol. The van der Waals surface area contributed by atoms with E-state index >= 15 is 0 Å². The highest BCUT2D eigenvalue weighted by atomic mass is 35.5. The largest absolute Gasteiger partial charge is 0.340 e. The van der Waals surface area contributed by atoms with Crippen LogP contribution >= 0.6 is 23.2 Å². The highest BCUT2D eigenvalue weighted by Crippen LogP contribution is 2.23. The lowest BCUT2D eigenvalue weighted by atomic mass is 10.3. The average Bonchev–Trinajstić information content (AvgIpc) is 2.54. The maximum Gasteiger partial charge on any atom is 0.274 e. The molecule has 0 saturated heterocycles. The summed E-state index contributed by atoms with van der Waals surface area (Å²) < 4.78 is 0. The number of rotatable bonds is 4. The van der Waals surface area contributed by atoms with Crippen LogP contribution in [-0.2, 0) is 0 Å². The van der Waals surface area contributed by atoms with Gasteiger partial charge in [0.1, 0.15) is 17.3 Å². The predicted molar refractivity (Wildman–Crippen MR) is 101 cm³/mol. The van der Waals surface area contributed by atoms with Crippen molar-refractivity contribution in [3.8, 4) is 0 Å². The van der Waals surface area contributed by atoms with Gasteiger partial charge in [-0.25, -0.2) is 9.97 Å². The fourth-order valence-corrected chi connectivity index (χ4v) is 2.76. The molecule has 0 spiro atoms. The van der Waals surface area contributed by atoms with Crippen LogP contribution < -0.4 is 10.6 Å². The Morgan fingerprint density at radius 3 is 2.28 bits per heavy atom. The van der Waals surface area contributed by atoms with Crippen molar-refractivity contribution in [2.24, 2.45) is 0 Å². The topological polar surface area (TPSA) is 66.9 Å². The first kappa shape index (κ1) is 17.2. The summed E-state index contributed by atoms with van der Waals surface area (Å²) in [6.07, 6.45) is 0. The summed E-state index contributed by atoms with van der Waals surface area (Å²) >= 11 is 11.9. The van der Waals surface area contributed by atoms with Crippen molar-refractivity contribution in [3.05, 3.63) is 76.2 Å². The van der Waals surface area contributed by atoms with E-state index in [1.54, 1.807) is 31.2 Å². The molecule has 0 unspecified atom stereocenters. The highest BCUT2D eigenvalue weighted by Gasteiger charge is 2.12. The smallest absolute Gasteiger partial charge is 0.274 e. The Morgan fingerprint density at radius 2 is 1.60 bits per heavy atom. The molecule has 3 aromatic rings. The van der Waals surface area contributed by atoms with Crippen LogP contribution in [0.2, 0.25) is 10.0 Å². The van der Waals surface area contributed by atoms with Crippen molar-refractivity contribution >= 4 is 46.3 Å². The molecule has 7 heteroatoms. The Balaban J connectivity index is 1.82. The summed E-state index contributed by atoms with van der Waals surface area (Å²) in [5.41, 5.74) is 1.60. The van der Waals surface area contributed by atoms with Crippen LogP contribution in [0, 0.1) is 6.92 Å². The summed E-state index contributed by atoms with van der Waals surface area (Å²) in [7, 11) is 0. The fourth-order valence-electron chi connectivity index (χ4n) is 2.24. The maximum absolute atomic E-state index is 12.5. The molecular formula is C18H14Cl2N4O. The average molecular weight is 373 g/mol. The zero-order valence-corrected chi connectivity index (χ0v) is 14.8. The summed E-state index contributed by atoms with van der Waals surface area (Å²) in [5, 5.41) is 6.76. The third-order valence-corrected chi connectivity index (χ3v) is 3.67. The molecule has 0 saturated carbocycles. The Kier molecular flexibility index (Phi) is 5.16. The van der Waals surface area contributed by atoms with Gasteiger partial charge in [-0.3, -0.25) is 4.79 Å². The van der Waals surface area contributed by atoms with E-state index in [-0.39, 0.29) is 11.6 Å². The molecule has 0 aliphatic heterocycles. The number of nitrogens with one attached hydrogen (secondary N) is 2. The number of para-hydroxylation sites is 1. The van der Waals surface area contributed by atoms with E-state index in [4.69, 9.17) is 23.2 Å². The maximum atomic E-state index is 12.5. The van der Waals surface area contributed by atoms with Gasteiger partial charge in [0.05, 0.1) is 0 Å². The van der Waals surface area contributed by atoms with E-state index in [1.165, 1.54) is 0 Å². The van der Waals surface area contributed by atoms with Gasteiger partial charge in [-0.05, 0) is 37.3 Å². The first-order valence-electron chi connectivity index (χ1n) is 7.45. The number of hydrogen-bond acceptors (Lipinski definition) is 4. The van der Waals surface area contributed by atoms with Crippen LogP contribution in [0.25, 0.3) is 0 Å². The van der Waals surface area contributed by atoms with Crippen LogP contribution in [0.1, 0.15) is 16.3 Å². The second kappa shape index (κ2) is 7.51. The van der Waals surface area contributed by atoms with Crippen molar-refractivity contribution in [1.82, 2.24) is 9.97 Å². The van der Waals surface area contributed by atoms with Gasteiger partial charge in [0, 0.05) is 27.5 Å². The molecule has 25 heavy (non-hydrogen) atoms. The van der Waals surface area contributed by atoms with E-state index < -0.39 is 0 Å². The molecule has 0 bridgehead atoms. The molecule has 0 aliphatic carbocycles. The lowest BCUT2D eigenvalue weighted by Gasteiger charge is -2.09. The number of hydrogen-bond donors (Lipinski definition) is 2. The Labute approximate surface area is 155 Å². The molecule has 1 aromatic heterocycles. The van der Waals surface area contributed by atoms with Crippen molar-refractivity contribution in [3.63, 3.8) is 0 Å².